The van der Waals surface area contributed by atoms with Crippen LogP contribution in [0.15, 0.2) is 28.7 Å². The molecule has 1 N–H and O–H groups in total. The van der Waals surface area contributed by atoms with Crippen LogP contribution in [-0.4, -0.2) is 19.1 Å². The van der Waals surface area contributed by atoms with Crippen LogP contribution in [0.1, 0.15) is 10.6 Å². The topological polar surface area (TPSA) is 34.2 Å². The summed E-state index contributed by atoms with van der Waals surface area (Å²) in [6, 6.07) is 8.21. The second-order valence-corrected chi connectivity index (χ2v) is 5.86. The van der Waals surface area contributed by atoms with Crippen molar-refractivity contribution in [2.45, 2.75) is 13.2 Å². The first kappa shape index (κ1) is 13.7. The van der Waals surface area contributed by atoms with Gasteiger partial charge in [-0.3, -0.25) is 0 Å². The highest BCUT2D eigenvalue weighted by molar-refractivity contribution is 9.10. The molecule has 1 heterocycles. The Morgan fingerprint density at radius 2 is 2.06 bits per heavy atom. The predicted molar refractivity (Wildman–Crippen MR) is 78.7 cm³/mol. The molecule has 5 heteroatoms. The molecule has 0 aliphatic rings. The lowest BCUT2D eigenvalue weighted by molar-refractivity contribution is 0.181. The first-order valence-corrected chi connectivity index (χ1v) is 7.23. The molecule has 18 heavy (non-hydrogen) atoms. The Balaban J connectivity index is 2.33. The quantitative estimate of drug-likeness (QED) is 0.913. The summed E-state index contributed by atoms with van der Waals surface area (Å²) in [5, 5.41) is 4.21. The van der Waals surface area contributed by atoms with Gasteiger partial charge in [-0.2, -0.15) is 0 Å². The smallest absolute Gasteiger partial charge is 0.124 e. The molecule has 0 unspecified atom stereocenters. The molecule has 1 aromatic heterocycles. The summed E-state index contributed by atoms with van der Waals surface area (Å²) in [6.45, 7) is 1.39. The zero-order valence-corrected chi connectivity index (χ0v) is 12.8. The molecule has 0 aliphatic carbocycles. The van der Waals surface area contributed by atoms with Crippen LogP contribution in [0.3, 0.4) is 0 Å². The van der Waals surface area contributed by atoms with E-state index in [-0.39, 0.29) is 0 Å². The average molecular weight is 327 g/mol. The minimum atomic E-state index is 0.560. The third-order valence-electron chi connectivity index (χ3n) is 2.49. The number of hydrogen-bond acceptors (Lipinski definition) is 4. The third kappa shape index (κ3) is 3.17. The van der Waals surface area contributed by atoms with E-state index in [1.165, 1.54) is 4.88 Å². The number of benzene rings is 1. The van der Waals surface area contributed by atoms with Crippen LogP contribution in [0.5, 0.6) is 0 Å². The first-order valence-electron chi connectivity index (χ1n) is 5.62. The Morgan fingerprint density at radius 3 is 2.67 bits per heavy atom. The molecule has 0 aliphatic heterocycles. The zero-order valence-electron chi connectivity index (χ0n) is 10.4. The largest absolute Gasteiger partial charge is 0.378 e. The summed E-state index contributed by atoms with van der Waals surface area (Å²) in [5.41, 5.74) is 2.16. The van der Waals surface area contributed by atoms with Gasteiger partial charge in [0.15, 0.2) is 0 Å². The van der Waals surface area contributed by atoms with Crippen LogP contribution in [0.25, 0.3) is 10.6 Å². The standard InChI is InChI=1S/C13H15BrN2OS/c1-15-7-12-11(8-17-2)16-13(18-12)9-3-5-10(14)6-4-9/h3-6,15H,7-8H2,1-2H3. The van der Waals surface area contributed by atoms with Gasteiger partial charge in [-0.25, -0.2) is 4.98 Å². The van der Waals surface area contributed by atoms with E-state index in [1.54, 1.807) is 18.4 Å². The van der Waals surface area contributed by atoms with E-state index in [0.717, 1.165) is 27.3 Å². The van der Waals surface area contributed by atoms with Crippen LogP contribution < -0.4 is 5.32 Å². The van der Waals surface area contributed by atoms with Crippen LogP contribution in [0.4, 0.5) is 0 Å². The SMILES string of the molecule is CNCc1sc(-c2ccc(Br)cc2)nc1COC. The van der Waals surface area contributed by atoms with Gasteiger partial charge >= 0.3 is 0 Å². The van der Waals surface area contributed by atoms with E-state index in [0.29, 0.717) is 6.61 Å². The van der Waals surface area contributed by atoms with Gasteiger partial charge in [0.1, 0.15) is 5.01 Å². The monoisotopic (exact) mass is 326 g/mol. The number of ether oxygens (including phenoxy) is 1. The van der Waals surface area contributed by atoms with E-state index < -0.39 is 0 Å². The minimum Gasteiger partial charge on any atom is -0.378 e. The maximum absolute atomic E-state index is 5.19. The molecule has 0 radical (unpaired) electrons. The van der Waals surface area contributed by atoms with Gasteiger partial charge < -0.3 is 10.1 Å². The van der Waals surface area contributed by atoms with Crippen molar-refractivity contribution in [2.75, 3.05) is 14.2 Å². The molecule has 0 saturated carbocycles. The molecule has 0 saturated heterocycles. The normalized spacial score (nSPS) is 10.8. The Morgan fingerprint density at radius 1 is 1.33 bits per heavy atom. The molecule has 3 nitrogen and oxygen atoms in total. The second kappa shape index (κ2) is 6.43. The van der Waals surface area contributed by atoms with Crippen molar-refractivity contribution in [2.24, 2.45) is 0 Å². The first-order chi connectivity index (χ1) is 8.74. The third-order valence-corrected chi connectivity index (χ3v) is 4.16. The van der Waals surface area contributed by atoms with Crippen molar-refractivity contribution >= 4 is 27.3 Å². The van der Waals surface area contributed by atoms with Crippen LogP contribution >= 0.6 is 27.3 Å². The zero-order chi connectivity index (χ0) is 13.0. The van der Waals surface area contributed by atoms with Gasteiger partial charge in [-0.1, -0.05) is 28.1 Å². The Labute approximate surface area is 119 Å². The summed E-state index contributed by atoms with van der Waals surface area (Å²) >= 11 is 5.15. The maximum Gasteiger partial charge on any atom is 0.124 e. The van der Waals surface area contributed by atoms with Crippen LogP contribution in [0, 0.1) is 0 Å². The van der Waals surface area contributed by atoms with Gasteiger partial charge in [0.2, 0.25) is 0 Å². The van der Waals surface area contributed by atoms with E-state index in [1.807, 2.05) is 19.2 Å². The lowest BCUT2D eigenvalue weighted by Crippen LogP contribution is -2.06. The van der Waals surface area contributed by atoms with Gasteiger partial charge in [0.25, 0.3) is 0 Å². The summed E-state index contributed by atoms with van der Waals surface area (Å²) in [6.07, 6.45) is 0. The Hall–Kier alpha value is -0.750. The number of hydrogen-bond donors (Lipinski definition) is 1. The highest BCUT2D eigenvalue weighted by atomic mass is 79.9. The second-order valence-electron chi connectivity index (χ2n) is 3.86. The van der Waals surface area contributed by atoms with E-state index >= 15 is 0 Å². The summed E-state index contributed by atoms with van der Waals surface area (Å²) in [7, 11) is 3.64. The Kier molecular flexibility index (Phi) is 4.88. The summed E-state index contributed by atoms with van der Waals surface area (Å²) < 4.78 is 6.27. The fourth-order valence-corrected chi connectivity index (χ4v) is 2.99. The van der Waals surface area contributed by atoms with Crippen molar-refractivity contribution in [1.29, 1.82) is 0 Å². The number of halogens is 1. The lowest BCUT2D eigenvalue weighted by Gasteiger charge is -1.98. The number of rotatable bonds is 5. The molecule has 0 atom stereocenters. The van der Waals surface area contributed by atoms with Gasteiger partial charge in [-0.05, 0) is 19.2 Å². The van der Waals surface area contributed by atoms with E-state index in [4.69, 9.17) is 4.74 Å². The molecule has 0 spiro atoms. The van der Waals surface area contributed by atoms with Crippen molar-refractivity contribution in [3.63, 3.8) is 0 Å². The van der Waals surface area contributed by atoms with Crippen molar-refractivity contribution < 1.29 is 4.74 Å². The van der Waals surface area contributed by atoms with Gasteiger partial charge in [0, 0.05) is 28.6 Å². The van der Waals surface area contributed by atoms with E-state index in [9.17, 15) is 0 Å². The lowest BCUT2D eigenvalue weighted by atomic mass is 10.2. The van der Waals surface area contributed by atoms with Crippen molar-refractivity contribution in [1.82, 2.24) is 10.3 Å². The maximum atomic E-state index is 5.19. The van der Waals surface area contributed by atoms with Crippen molar-refractivity contribution in [3.8, 4) is 10.6 Å². The average Bonchev–Trinajstić information content (AvgIpc) is 2.75. The number of methoxy groups -OCH3 is 1. The number of nitrogens with one attached hydrogen (secondary N) is 1. The highest BCUT2D eigenvalue weighted by Crippen LogP contribution is 2.29. The molecule has 2 rings (SSSR count). The molecule has 0 bridgehead atoms. The van der Waals surface area contributed by atoms with Gasteiger partial charge in [-0.15, -0.1) is 11.3 Å². The molecule has 0 amide bonds. The van der Waals surface area contributed by atoms with Crippen LogP contribution in [-0.2, 0) is 17.9 Å². The van der Waals surface area contributed by atoms with Gasteiger partial charge in [0.05, 0.1) is 12.3 Å². The number of thiazole rings is 1. The predicted octanol–water partition coefficient (Wildman–Crippen LogP) is 3.44. The molecular weight excluding hydrogens is 312 g/mol. The molecule has 2 aromatic rings. The minimum absolute atomic E-state index is 0.560. The van der Waals surface area contributed by atoms with Crippen LogP contribution in [0.2, 0.25) is 0 Å². The Bertz CT molecular complexity index is 487. The summed E-state index contributed by atoms with van der Waals surface area (Å²) in [5.74, 6) is 0. The molecule has 1 aromatic carbocycles. The number of nitrogens with zero attached hydrogens (tertiary/aromatic N) is 1. The molecule has 96 valence electrons. The number of aromatic nitrogens is 1. The van der Waals surface area contributed by atoms with Crippen molar-refractivity contribution in [3.05, 3.63) is 39.3 Å². The molecular formula is C13H15BrN2OS. The molecule has 0 fully saturated rings. The fraction of sp³-hybridized carbons (Fsp3) is 0.308. The highest BCUT2D eigenvalue weighted by Gasteiger charge is 2.11. The van der Waals surface area contributed by atoms with E-state index in [2.05, 4.69) is 38.4 Å². The fourth-order valence-electron chi connectivity index (χ4n) is 1.65. The summed E-state index contributed by atoms with van der Waals surface area (Å²) in [4.78, 5) is 5.89.